The molecule has 0 spiro atoms. The van der Waals surface area contributed by atoms with Crippen LogP contribution in [0, 0.1) is 10.1 Å². The third kappa shape index (κ3) is 4.51. The number of rotatable bonds is 7. The summed E-state index contributed by atoms with van der Waals surface area (Å²) in [5.74, 6) is 0.217. The van der Waals surface area contributed by atoms with Crippen LogP contribution in [0.25, 0.3) is 0 Å². The average Bonchev–Trinajstić information content (AvgIpc) is 2.66. The first-order valence-electron chi connectivity index (χ1n) is 5.11. The molecule has 0 radical (unpaired) electrons. The third-order valence-corrected chi connectivity index (χ3v) is 2.13. The quantitative estimate of drug-likeness (QED) is 0.559. The van der Waals surface area contributed by atoms with E-state index in [0.717, 1.165) is 0 Å². The minimum atomic E-state index is -0.588. The van der Waals surface area contributed by atoms with Gasteiger partial charge in [-0.05, 0) is 13.1 Å². The molecule has 0 amide bonds. The fourth-order valence-corrected chi connectivity index (χ4v) is 1.49. The van der Waals surface area contributed by atoms with Gasteiger partial charge in [-0.25, -0.2) is 0 Å². The van der Waals surface area contributed by atoms with Crippen LogP contribution in [0.4, 0.5) is 5.88 Å². The van der Waals surface area contributed by atoms with Gasteiger partial charge in [0.15, 0.2) is 0 Å². The summed E-state index contributed by atoms with van der Waals surface area (Å²) < 4.78 is 9.80. The lowest BCUT2D eigenvalue weighted by Gasteiger charge is -2.18. The van der Waals surface area contributed by atoms with Gasteiger partial charge in [0.2, 0.25) is 0 Å². The Morgan fingerprint density at radius 2 is 2.35 bits per heavy atom. The zero-order valence-corrected chi connectivity index (χ0v) is 9.83. The van der Waals surface area contributed by atoms with Gasteiger partial charge >= 0.3 is 5.88 Å². The lowest BCUT2D eigenvalue weighted by molar-refractivity contribution is -0.402. The zero-order valence-electron chi connectivity index (χ0n) is 9.83. The van der Waals surface area contributed by atoms with Crippen molar-refractivity contribution in [3.8, 4) is 0 Å². The smallest absolute Gasteiger partial charge is 0.404 e. The normalized spacial score (nSPS) is 12.9. The predicted octanol–water partition coefficient (Wildman–Crippen LogP) is 0.627. The minimum Gasteiger partial charge on any atom is -0.404 e. The third-order valence-electron chi connectivity index (χ3n) is 2.13. The molecule has 0 saturated heterocycles. The van der Waals surface area contributed by atoms with Gasteiger partial charge in [-0.2, -0.15) is 0 Å². The first-order chi connectivity index (χ1) is 8.02. The van der Waals surface area contributed by atoms with Crippen LogP contribution in [0.15, 0.2) is 16.5 Å². The fraction of sp³-hybridized carbons (Fsp3) is 0.600. The molecule has 1 heterocycles. The minimum absolute atomic E-state index is 0.253. The molecule has 0 aromatic carbocycles. The van der Waals surface area contributed by atoms with Gasteiger partial charge in [0.25, 0.3) is 0 Å². The van der Waals surface area contributed by atoms with E-state index in [1.165, 1.54) is 13.2 Å². The predicted molar refractivity (Wildman–Crippen MR) is 59.6 cm³/mol. The standard InChI is InChI=1S/C10H16N2O5/c1-11(5-8(13)7-16-2)6-9-3-4-10(17-9)12(14)15/h3-4,8,13H,5-7H2,1-2H3. The summed E-state index contributed by atoms with van der Waals surface area (Å²) in [6.07, 6.45) is -0.588. The first kappa shape index (κ1) is 13.6. The maximum absolute atomic E-state index is 10.4. The lowest BCUT2D eigenvalue weighted by atomic mass is 10.3. The number of likely N-dealkylation sites (N-methyl/N-ethyl adjacent to an activating group) is 1. The van der Waals surface area contributed by atoms with Gasteiger partial charge in [0.05, 0.1) is 25.3 Å². The molecule has 0 aliphatic rings. The monoisotopic (exact) mass is 244 g/mol. The summed E-state index contributed by atoms with van der Waals surface area (Å²) in [4.78, 5) is 11.6. The molecule has 96 valence electrons. The molecule has 7 nitrogen and oxygen atoms in total. The molecule has 0 saturated carbocycles. The number of nitrogens with zero attached hydrogens (tertiary/aromatic N) is 2. The van der Waals surface area contributed by atoms with Crippen molar-refractivity contribution >= 4 is 5.88 Å². The molecule has 0 bridgehead atoms. The number of nitro groups is 1. The van der Waals surface area contributed by atoms with Crippen LogP contribution in [-0.2, 0) is 11.3 Å². The zero-order chi connectivity index (χ0) is 12.8. The van der Waals surface area contributed by atoms with Crippen LogP contribution in [0.2, 0.25) is 0 Å². The van der Waals surface area contributed by atoms with E-state index in [1.807, 2.05) is 0 Å². The molecule has 1 N–H and O–H groups in total. The van der Waals surface area contributed by atoms with Crippen molar-refractivity contribution in [2.24, 2.45) is 0 Å². The van der Waals surface area contributed by atoms with Crippen molar-refractivity contribution in [1.82, 2.24) is 4.90 Å². The Balaban J connectivity index is 2.44. The van der Waals surface area contributed by atoms with Crippen LogP contribution >= 0.6 is 0 Å². The summed E-state index contributed by atoms with van der Waals surface area (Å²) in [6, 6.07) is 2.87. The highest BCUT2D eigenvalue weighted by Crippen LogP contribution is 2.16. The second-order valence-electron chi connectivity index (χ2n) is 3.80. The fourth-order valence-electron chi connectivity index (χ4n) is 1.49. The van der Waals surface area contributed by atoms with Crippen molar-refractivity contribution in [1.29, 1.82) is 0 Å². The van der Waals surface area contributed by atoms with E-state index in [1.54, 1.807) is 18.0 Å². The Bertz CT molecular complexity index is 365. The van der Waals surface area contributed by atoms with Crippen LogP contribution in [-0.4, -0.2) is 48.3 Å². The molecule has 1 unspecified atom stereocenters. The van der Waals surface area contributed by atoms with Gasteiger partial charge < -0.3 is 14.3 Å². The Morgan fingerprint density at radius 1 is 1.65 bits per heavy atom. The molecular formula is C10H16N2O5. The van der Waals surface area contributed by atoms with Crippen molar-refractivity contribution in [3.63, 3.8) is 0 Å². The number of aliphatic hydroxyl groups excluding tert-OH is 1. The van der Waals surface area contributed by atoms with Gasteiger partial charge in [-0.1, -0.05) is 0 Å². The van der Waals surface area contributed by atoms with E-state index in [2.05, 4.69) is 0 Å². The van der Waals surface area contributed by atoms with E-state index in [4.69, 9.17) is 9.15 Å². The van der Waals surface area contributed by atoms with Crippen molar-refractivity contribution in [2.75, 3.05) is 27.3 Å². The summed E-state index contributed by atoms with van der Waals surface area (Å²) in [7, 11) is 3.30. The van der Waals surface area contributed by atoms with Gasteiger partial charge in [-0.15, -0.1) is 0 Å². The van der Waals surface area contributed by atoms with E-state index >= 15 is 0 Å². The maximum atomic E-state index is 10.4. The second-order valence-corrected chi connectivity index (χ2v) is 3.80. The number of aliphatic hydroxyl groups is 1. The molecule has 17 heavy (non-hydrogen) atoms. The number of furan rings is 1. The van der Waals surface area contributed by atoms with Crippen molar-refractivity contribution in [2.45, 2.75) is 12.6 Å². The molecule has 1 aromatic heterocycles. The van der Waals surface area contributed by atoms with E-state index in [9.17, 15) is 15.2 Å². The highest BCUT2D eigenvalue weighted by molar-refractivity contribution is 5.17. The molecule has 0 fully saturated rings. The average molecular weight is 244 g/mol. The van der Waals surface area contributed by atoms with E-state index in [0.29, 0.717) is 18.8 Å². The van der Waals surface area contributed by atoms with Crippen LogP contribution in [0.3, 0.4) is 0 Å². The number of ether oxygens (including phenoxy) is 1. The SMILES string of the molecule is COCC(O)CN(C)Cc1ccc([N+](=O)[O-])o1. The van der Waals surface area contributed by atoms with Gasteiger partial charge in [0, 0.05) is 13.7 Å². The van der Waals surface area contributed by atoms with E-state index in [-0.39, 0.29) is 12.5 Å². The molecule has 1 aromatic rings. The Kier molecular flexibility index (Phi) is 5.08. The summed E-state index contributed by atoms with van der Waals surface area (Å²) >= 11 is 0. The molecule has 0 aliphatic heterocycles. The van der Waals surface area contributed by atoms with Gasteiger partial charge in [0.1, 0.15) is 10.7 Å². The summed E-state index contributed by atoms with van der Waals surface area (Å²) in [5, 5.41) is 19.9. The lowest BCUT2D eigenvalue weighted by Crippen LogP contribution is -2.31. The number of hydrogen-bond acceptors (Lipinski definition) is 6. The topological polar surface area (TPSA) is 89.0 Å². The van der Waals surface area contributed by atoms with Crippen LogP contribution in [0.5, 0.6) is 0 Å². The number of hydrogen-bond donors (Lipinski definition) is 1. The molecule has 1 atom stereocenters. The van der Waals surface area contributed by atoms with Crippen LogP contribution < -0.4 is 0 Å². The highest BCUT2D eigenvalue weighted by atomic mass is 16.6. The Morgan fingerprint density at radius 3 is 2.88 bits per heavy atom. The van der Waals surface area contributed by atoms with Crippen LogP contribution in [0.1, 0.15) is 5.76 Å². The Labute approximate surface area is 98.7 Å². The largest absolute Gasteiger partial charge is 0.433 e. The second kappa shape index (κ2) is 6.33. The molecule has 0 aliphatic carbocycles. The highest BCUT2D eigenvalue weighted by Gasteiger charge is 2.14. The first-order valence-corrected chi connectivity index (χ1v) is 5.11. The van der Waals surface area contributed by atoms with E-state index < -0.39 is 11.0 Å². The van der Waals surface area contributed by atoms with Crippen molar-refractivity contribution < 1.29 is 19.2 Å². The number of methoxy groups -OCH3 is 1. The molecule has 7 heteroatoms. The maximum Gasteiger partial charge on any atom is 0.433 e. The summed E-state index contributed by atoms with van der Waals surface area (Å²) in [6.45, 7) is 1.06. The molecular weight excluding hydrogens is 228 g/mol. The Hall–Kier alpha value is -1.44. The molecule has 1 rings (SSSR count). The summed E-state index contributed by atoms with van der Waals surface area (Å²) in [5.41, 5.74) is 0. The van der Waals surface area contributed by atoms with Crippen molar-refractivity contribution in [3.05, 3.63) is 28.0 Å². The van der Waals surface area contributed by atoms with Gasteiger partial charge in [-0.3, -0.25) is 15.0 Å².